The molecule has 0 spiro atoms. The van der Waals surface area contributed by atoms with Crippen LogP contribution in [0, 0.1) is 0 Å². The molecule has 0 saturated heterocycles. The molecule has 3 aromatic heterocycles. The van der Waals surface area contributed by atoms with Gasteiger partial charge in [-0.2, -0.15) is 5.10 Å². The van der Waals surface area contributed by atoms with E-state index < -0.39 is 0 Å². The fraction of sp³-hybridized carbons (Fsp3) is 0. The summed E-state index contributed by atoms with van der Waals surface area (Å²) < 4.78 is 0. The standard InChI is InChI=1S/C14H10N8S/c1-2-11-10(5-9(1)23-14-19-8-20-22-14)13(18-7-17-11)21-12-6-15-3-4-16-12/h1-8H,(H,19,20,22)(H,16,17,18,21). The Bertz CT molecular complexity index is 926. The molecule has 1 aromatic carbocycles. The lowest BCUT2D eigenvalue weighted by molar-refractivity contribution is 0.973. The second-order valence-electron chi connectivity index (χ2n) is 4.51. The van der Waals surface area contributed by atoms with E-state index in [1.807, 2.05) is 18.2 Å². The highest BCUT2D eigenvalue weighted by Gasteiger charge is 2.08. The third-order valence-electron chi connectivity index (χ3n) is 3.02. The Morgan fingerprint density at radius 2 is 2.00 bits per heavy atom. The Morgan fingerprint density at radius 1 is 1.00 bits per heavy atom. The van der Waals surface area contributed by atoms with Crippen LogP contribution in [0.15, 0.2) is 59.5 Å². The van der Waals surface area contributed by atoms with E-state index in [1.165, 1.54) is 24.4 Å². The minimum Gasteiger partial charge on any atom is -0.323 e. The summed E-state index contributed by atoms with van der Waals surface area (Å²) in [6.45, 7) is 0. The maximum Gasteiger partial charge on any atom is 0.188 e. The van der Waals surface area contributed by atoms with Crippen molar-refractivity contribution in [3.8, 4) is 0 Å². The molecular formula is C14H10N8S. The summed E-state index contributed by atoms with van der Waals surface area (Å²) in [4.78, 5) is 22.0. The number of rotatable bonds is 4. The zero-order valence-corrected chi connectivity index (χ0v) is 12.5. The molecule has 0 bridgehead atoms. The van der Waals surface area contributed by atoms with E-state index >= 15 is 0 Å². The average Bonchev–Trinajstić information content (AvgIpc) is 3.09. The summed E-state index contributed by atoms with van der Waals surface area (Å²) in [5.41, 5.74) is 0.841. The number of nitrogens with zero attached hydrogens (tertiary/aromatic N) is 6. The summed E-state index contributed by atoms with van der Waals surface area (Å²) in [7, 11) is 0. The first-order chi connectivity index (χ1) is 11.4. The molecule has 0 radical (unpaired) electrons. The minimum atomic E-state index is 0.626. The van der Waals surface area contributed by atoms with Gasteiger partial charge in [0.15, 0.2) is 5.16 Å². The van der Waals surface area contributed by atoms with Gasteiger partial charge < -0.3 is 5.32 Å². The topological polar surface area (TPSA) is 105 Å². The van der Waals surface area contributed by atoms with Crippen LogP contribution < -0.4 is 5.32 Å². The number of H-pyrrole nitrogens is 1. The van der Waals surface area contributed by atoms with Crippen LogP contribution in [0.3, 0.4) is 0 Å². The van der Waals surface area contributed by atoms with Crippen molar-refractivity contribution in [1.29, 1.82) is 0 Å². The number of hydrogen-bond donors (Lipinski definition) is 2. The lowest BCUT2D eigenvalue weighted by atomic mass is 10.2. The van der Waals surface area contributed by atoms with E-state index in [1.54, 1.807) is 18.6 Å². The summed E-state index contributed by atoms with van der Waals surface area (Å²) in [6, 6.07) is 5.92. The van der Waals surface area contributed by atoms with E-state index in [2.05, 4.69) is 40.4 Å². The maximum atomic E-state index is 4.31. The van der Waals surface area contributed by atoms with E-state index in [4.69, 9.17) is 0 Å². The van der Waals surface area contributed by atoms with E-state index in [0.717, 1.165) is 21.0 Å². The number of aromatic nitrogens is 7. The molecule has 112 valence electrons. The average molecular weight is 322 g/mol. The van der Waals surface area contributed by atoms with Crippen LogP contribution in [0.5, 0.6) is 0 Å². The van der Waals surface area contributed by atoms with Crippen LogP contribution in [0.25, 0.3) is 10.9 Å². The summed E-state index contributed by atoms with van der Waals surface area (Å²) >= 11 is 1.48. The monoisotopic (exact) mass is 322 g/mol. The Hall–Kier alpha value is -3.07. The molecule has 2 N–H and O–H groups in total. The Balaban J connectivity index is 1.72. The first-order valence-corrected chi connectivity index (χ1v) is 7.51. The quantitative estimate of drug-likeness (QED) is 0.590. The van der Waals surface area contributed by atoms with Crippen molar-refractivity contribution in [2.45, 2.75) is 10.1 Å². The predicted molar refractivity (Wildman–Crippen MR) is 85.4 cm³/mol. The zero-order chi connectivity index (χ0) is 15.5. The lowest BCUT2D eigenvalue weighted by Gasteiger charge is -2.08. The van der Waals surface area contributed by atoms with Crippen LogP contribution in [-0.2, 0) is 0 Å². The van der Waals surface area contributed by atoms with E-state index in [-0.39, 0.29) is 0 Å². The molecule has 4 rings (SSSR count). The fourth-order valence-corrected chi connectivity index (χ4v) is 2.77. The number of fused-ring (bicyclic) bond motifs is 1. The lowest BCUT2D eigenvalue weighted by Crippen LogP contribution is -1.98. The van der Waals surface area contributed by atoms with Crippen LogP contribution in [0.4, 0.5) is 11.6 Å². The van der Waals surface area contributed by atoms with Gasteiger partial charge in [-0.1, -0.05) is 11.8 Å². The molecule has 0 amide bonds. The van der Waals surface area contributed by atoms with Gasteiger partial charge in [0.25, 0.3) is 0 Å². The SMILES string of the molecule is c1cnc(Nc2ncnc3ccc(Sc4ncn[nH]4)cc23)cn1. The van der Waals surface area contributed by atoms with Gasteiger partial charge in [0.2, 0.25) is 0 Å². The van der Waals surface area contributed by atoms with Crippen molar-refractivity contribution in [1.82, 2.24) is 35.1 Å². The Labute approximate surface area is 134 Å². The minimum absolute atomic E-state index is 0.626. The smallest absolute Gasteiger partial charge is 0.188 e. The van der Waals surface area contributed by atoms with Crippen molar-refractivity contribution in [2.75, 3.05) is 5.32 Å². The van der Waals surface area contributed by atoms with E-state index in [9.17, 15) is 0 Å². The van der Waals surface area contributed by atoms with E-state index in [0.29, 0.717) is 11.6 Å². The molecule has 0 unspecified atom stereocenters. The maximum absolute atomic E-state index is 4.31. The van der Waals surface area contributed by atoms with Gasteiger partial charge in [0.1, 0.15) is 24.3 Å². The highest BCUT2D eigenvalue weighted by molar-refractivity contribution is 7.99. The molecular weight excluding hydrogens is 312 g/mol. The number of nitrogens with one attached hydrogen (secondary N) is 2. The normalized spacial score (nSPS) is 10.8. The number of hydrogen-bond acceptors (Lipinski definition) is 8. The third-order valence-corrected chi connectivity index (χ3v) is 3.90. The molecule has 4 aromatic rings. The molecule has 8 nitrogen and oxygen atoms in total. The Morgan fingerprint density at radius 3 is 2.83 bits per heavy atom. The highest BCUT2D eigenvalue weighted by atomic mass is 32.2. The van der Waals surface area contributed by atoms with Crippen LogP contribution in [0.2, 0.25) is 0 Å². The van der Waals surface area contributed by atoms with Gasteiger partial charge in [-0.3, -0.25) is 10.1 Å². The van der Waals surface area contributed by atoms with Gasteiger partial charge in [0.05, 0.1) is 11.7 Å². The summed E-state index contributed by atoms with van der Waals surface area (Å²) in [5, 5.41) is 11.5. The third kappa shape index (κ3) is 2.94. The first-order valence-electron chi connectivity index (χ1n) is 6.69. The molecule has 0 saturated carbocycles. The predicted octanol–water partition coefficient (Wildman–Crippen LogP) is 2.43. The molecule has 0 aliphatic heterocycles. The van der Waals surface area contributed by atoms with Crippen LogP contribution >= 0.6 is 11.8 Å². The Kier molecular flexibility index (Phi) is 3.53. The zero-order valence-electron chi connectivity index (χ0n) is 11.7. The highest BCUT2D eigenvalue weighted by Crippen LogP contribution is 2.29. The molecule has 0 aliphatic rings. The largest absolute Gasteiger partial charge is 0.323 e. The van der Waals surface area contributed by atoms with Crippen molar-refractivity contribution >= 4 is 34.3 Å². The van der Waals surface area contributed by atoms with Crippen molar-refractivity contribution in [3.05, 3.63) is 49.4 Å². The van der Waals surface area contributed by atoms with Crippen molar-refractivity contribution < 1.29 is 0 Å². The first kappa shape index (κ1) is 13.6. The second kappa shape index (κ2) is 5.97. The number of anilines is 2. The number of benzene rings is 1. The molecule has 0 fully saturated rings. The molecule has 0 atom stereocenters. The second-order valence-corrected chi connectivity index (χ2v) is 5.57. The molecule has 3 heterocycles. The molecule has 9 heteroatoms. The van der Waals surface area contributed by atoms with Crippen molar-refractivity contribution in [2.24, 2.45) is 0 Å². The van der Waals surface area contributed by atoms with Crippen LogP contribution in [-0.4, -0.2) is 35.1 Å². The fourth-order valence-electron chi connectivity index (χ4n) is 2.04. The number of aromatic amines is 1. The molecule has 23 heavy (non-hydrogen) atoms. The van der Waals surface area contributed by atoms with Gasteiger partial charge in [-0.05, 0) is 18.2 Å². The molecule has 0 aliphatic carbocycles. The van der Waals surface area contributed by atoms with Crippen molar-refractivity contribution in [3.63, 3.8) is 0 Å². The van der Waals surface area contributed by atoms with Gasteiger partial charge in [-0.25, -0.2) is 19.9 Å². The summed E-state index contributed by atoms with van der Waals surface area (Å²) in [5.74, 6) is 1.30. The van der Waals surface area contributed by atoms with Gasteiger partial charge in [0, 0.05) is 22.7 Å². The van der Waals surface area contributed by atoms with Gasteiger partial charge in [-0.15, -0.1) is 0 Å². The van der Waals surface area contributed by atoms with Crippen LogP contribution in [0.1, 0.15) is 0 Å². The van der Waals surface area contributed by atoms with Gasteiger partial charge >= 0.3 is 0 Å². The summed E-state index contributed by atoms with van der Waals surface area (Å²) in [6.07, 6.45) is 7.88.